The number of carboxylic acids is 1. The van der Waals surface area contributed by atoms with E-state index in [-0.39, 0.29) is 0 Å². The van der Waals surface area contributed by atoms with E-state index < -0.39 is 12.0 Å². The summed E-state index contributed by atoms with van der Waals surface area (Å²) < 4.78 is 0. The molecule has 0 saturated carbocycles. The van der Waals surface area contributed by atoms with Crippen molar-refractivity contribution in [1.29, 1.82) is 0 Å². The number of benzene rings is 1. The van der Waals surface area contributed by atoms with Gasteiger partial charge in [0, 0.05) is 5.56 Å². The van der Waals surface area contributed by atoms with Gasteiger partial charge >= 0.3 is 5.97 Å². The minimum atomic E-state index is -0.926. The van der Waals surface area contributed by atoms with Gasteiger partial charge in [0.1, 0.15) is 11.9 Å². The number of aliphatic carboxylic acids is 1. The predicted molar refractivity (Wildman–Crippen MR) is 77.7 cm³/mol. The zero-order chi connectivity index (χ0) is 14.7. The van der Waals surface area contributed by atoms with Crippen molar-refractivity contribution in [1.82, 2.24) is 10.2 Å². The van der Waals surface area contributed by atoms with Crippen LogP contribution in [0.4, 0.5) is 5.82 Å². The van der Waals surface area contributed by atoms with Crippen LogP contribution in [0.15, 0.2) is 30.3 Å². The molecule has 0 aliphatic heterocycles. The molecule has 0 aliphatic rings. The molecule has 1 unspecified atom stereocenters. The molecule has 2 rings (SSSR count). The molecule has 20 heavy (non-hydrogen) atoms. The number of hydrogen-bond acceptors (Lipinski definition) is 4. The minimum absolute atomic E-state index is 0.451. The lowest BCUT2D eigenvalue weighted by molar-refractivity contribution is -0.137. The lowest BCUT2D eigenvalue weighted by Crippen LogP contribution is -2.25. The van der Waals surface area contributed by atoms with Gasteiger partial charge in [-0.1, -0.05) is 12.1 Å². The number of carbonyl (C=O) groups is 1. The van der Waals surface area contributed by atoms with E-state index in [1.807, 2.05) is 18.2 Å². The molecule has 0 fully saturated rings. The number of nitrogens with one attached hydrogen (secondary N) is 1. The van der Waals surface area contributed by atoms with Crippen LogP contribution in [0.3, 0.4) is 0 Å². The van der Waals surface area contributed by atoms with Gasteiger partial charge < -0.3 is 10.4 Å². The molecule has 0 saturated heterocycles. The summed E-state index contributed by atoms with van der Waals surface area (Å²) in [4.78, 5) is 10.8. The van der Waals surface area contributed by atoms with Gasteiger partial charge in [0.05, 0.1) is 5.69 Å². The Labute approximate surface area is 117 Å². The maximum absolute atomic E-state index is 10.8. The molecule has 2 aromatic rings. The van der Waals surface area contributed by atoms with Gasteiger partial charge in [-0.25, -0.2) is 0 Å². The third kappa shape index (κ3) is 3.12. The molecule has 0 radical (unpaired) electrons. The van der Waals surface area contributed by atoms with Crippen molar-refractivity contribution in [3.05, 3.63) is 41.5 Å². The monoisotopic (exact) mass is 271 g/mol. The first-order chi connectivity index (χ1) is 9.47. The van der Waals surface area contributed by atoms with Crippen molar-refractivity contribution in [3.8, 4) is 11.3 Å². The standard InChI is InChI=1S/C15H17N3O2/c1-9-4-5-12(8-10(9)2)13-6-7-14(18-17-13)16-11(3)15(19)20/h4-8,11H,1-3H3,(H,16,18)(H,19,20). The molecule has 1 aromatic carbocycles. The maximum atomic E-state index is 10.8. The topological polar surface area (TPSA) is 75.1 Å². The van der Waals surface area contributed by atoms with Gasteiger partial charge in [-0.3, -0.25) is 4.79 Å². The second-order valence-electron chi connectivity index (χ2n) is 4.81. The molecule has 0 amide bonds. The largest absolute Gasteiger partial charge is 0.480 e. The summed E-state index contributed by atoms with van der Waals surface area (Å²) in [5.74, 6) is -0.475. The van der Waals surface area contributed by atoms with E-state index in [0.717, 1.165) is 11.3 Å². The minimum Gasteiger partial charge on any atom is -0.480 e. The summed E-state index contributed by atoms with van der Waals surface area (Å²) >= 11 is 0. The van der Waals surface area contributed by atoms with Gasteiger partial charge in [-0.15, -0.1) is 10.2 Å². The molecular weight excluding hydrogens is 254 g/mol. The van der Waals surface area contributed by atoms with Crippen LogP contribution in [0.5, 0.6) is 0 Å². The SMILES string of the molecule is Cc1ccc(-c2ccc(NC(C)C(=O)O)nn2)cc1C. The molecule has 0 aliphatic carbocycles. The molecule has 5 heteroatoms. The van der Waals surface area contributed by atoms with Crippen molar-refractivity contribution >= 4 is 11.8 Å². The third-order valence-corrected chi connectivity index (χ3v) is 3.20. The fraction of sp³-hybridized carbons (Fsp3) is 0.267. The molecule has 104 valence electrons. The highest BCUT2D eigenvalue weighted by Gasteiger charge is 2.11. The number of aryl methyl sites for hydroxylation is 2. The maximum Gasteiger partial charge on any atom is 0.325 e. The summed E-state index contributed by atoms with van der Waals surface area (Å²) in [5, 5.41) is 19.7. The average Bonchev–Trinajstić information content (AvgIpc) is 2.42. The van der Waals surface area contributed by atoms with Crippen molar-refractivity contribution < 1.29 is 9.90 Å². The second-order valence-corrected chi connectivity index (χ2v) is 4.81. The third-order valence-electron chi connectivity index (χ3n) is 3.20. The Hall–Kier alpha value is -2.43. The lowest BCUT2D eigenvalue weighted by Gasteiger charge is -2.09. The smallest absolute Gasteiger partial charge is 0.325 e. The van der Waals surface area contributed by atoms with Crippen LogP contribution in [-0.2, 0) is 4.79 Å². The van der Waals surface area contributed by atoms with Crippen LogP contribution in [0.25, 0.3) is 11.3 Å². The number of hydrogen-bond donors (Lipinski definition) is 2. The average molecular weight is 271 g/mol. The summed E-state index contributed by atoms with van der Waals surface area (Å²) in [6.45, 7) is 5.67. The Morgan fingerprint density at radius 1 is 1.15 bits per heavy atom. The van der Waals surface area contributed by atoms with Crippen molar-refractivity contribution in [2.45, 2.75) is 26.8 Å². The number of carboxylic acid groups (broad SMARTS) is 1. The number of rotatable bonds is 4. The van der Waals surface area contributed by atoms with E-state index in [0.29, 0.717) is 5.82 Å². The van der Waals surface area contributed by atoms with Crippen LogP contribution in [0, 0.1) is 13.8 Å². The first-order valence-electron chi connectivity index (χ1n) is 6.38. The first kappa shape index (κ1) is 14.0. The van der Waals surface area contributed by atoms with Gasteiger partial charge in [0.15, 0.2) is 0 Å². The van der Waals surface area contributed by atoms with E-state index in [4.69, 9.17) is 5.11 Å². The fourth-order valence-electron chi connectivity index (χ4n) is 1.75. The Kier molecular flexibility index (Phi) is 3.98. The summed E-state index contributed by atoms with van der Waals surface area (Å²) in [6.07, 6.45) is 0. The van der Waals surface area contributed by atoms with E-state index >= 15 is 0 Å². The first-order valence-corrected chi connectivity index (χ1v) is 6.38. The van der Waals surface area contributed by atoms with Crippen LogP contribution >= 0.6 is 0 Å². The van der Waals surface area contributed by atoms with Gasteiger partial charge in [0.2, 0.25) is 0 Å². The summed E-state index contributed by atoms with van der Waals surface area (Å²) in [5.41, 5.74) is 4.20. The molecule has 0 bridgehead atoms. The Morgan fingerprint density at radius 3 is 2.45 bits per heavy atom. The number of aromatic nitrogens is 2. The molecular formula is C15H17N3O2. The zero-order valence-electron chi connectivity index (χ0n) is 11.7. The number of nitrogens with zero attached hydrogens (tertiary/aromatic N) is 2. The van der Waals surface area contributed by atoms with Crippen molar-refractivity contribution in [2.75, 3.05) is 5.32 Å². The van der Waals surface area contributed by atoms with Crippen molar-refractivity contribution in [2.24, 2.45) is 0 Å². The molecule has 5 nitrogen and oxygen atoms in total. The fourth-order valence-corrected chi connectivity index (χ4v) is 1.75. The van der Waals surface area contributed by atoms with Crippen LogP contribution in [0.1, 0.15) is 18.1 Å². The van der Waals surface area contributed by atoms with E-state index in [1.165, 1.54) is 11.1 Å². The van der Waals surface area contributed by atoms with E-state index in [2.05, 4.69) is 35.4 Å². The molecule has 1 aromatic heterocycles. The van der Waals surface area contributed by atoms with Crippen LogP contribution in [0.2, 0.25) is 0 Å². The van der Waals surface area contributed by atoms with Crippen molar-refractivity contribution in [3.63, 3.8) is 0 Å². The highest BCUT2D eigenvalue weighted by Crippen LogP contribution is 2.20. The quantitative estimate of drug-likeness (QED) is 0.894. The Bertz CT molecular complexity index is 624. The lowest BCUT2D eigenvalue weighted by atomic mass is 10.0. The van der Waals surface area contributed by atoms with E-state index in [1.54, 1.807) is 13.0 Å². The van der Waals surface area contributed by atoms with Gasteiger partial charge in [-0.2, -0.15) is 0 Å². The molecule has 2 N–H and O–H groups in total. The predicted octanol–water partition coefficient (Wildman–Crippen LogP) is 2.65. The number of anilines is 1. The van der Waals surface area contributed by atoms with Gasteiger partial charge in [0.25, 0.3) is 0 Å². The molecule has 0 spiro atoms. The highest BCUT2D eigenvalue weighted by molar-refractivity contribution is 5.76. The Balaban J connectivity index is 2.19. The van der Waals surface area contributed by atoms with E-state index in [9.17, 15) is 4.79 Å². The Morgan fingerprint density at radius 2 is 1.90 bits per heavy atom. The zero-order valence-corrected chi connectivity index (χ0v) is 11.7. The van der Waals surface area contributed by atoms with Crippen LogP contribution in [-0.4, -0.2) is 27.3 Å². The normalized spacial score (nSPS) is 11.9. The summed E-state index contributed by atoms with van der Waals surface area (Å²) in [7, 11) is 0. The second kappa shape index (κ2) is 5.69. The molecule has 1 heterocycles. The van der Waals surface area contributed by atoms with Gasteiger partial charge in [-0.05, 0) is 50.1 Å². The molecule has 1 atom stereocenters. The van der Waals surface area contributed by atoms with Crippen LogP contribution < -0.4 is 5.32 Å². The summed E-state index contributed by atoms with van der Waals surface area (Å²) in [6, 6.07) is 8.97. The highest BCUT2D eigenvalue weighted by atomic mass is 16.4.